The van der Waals surface area contributed by atoms with Crippen molar-refractivity contribution in [2.45, 2.75) is 52.1 Å². The second-order valence-electron chi connectivity index (χ2n) is 8.13. The summed E-state index contributed by atoms with van der Waals surface area (Å²) in [6.07, 6.45) is 1.40. The van der Waals surface area contributed by atoms with Crippen LogP contribution in [0.5, 0.6) is 0 Å². The molecule has 1 aromatic carbocycles. The van der Waals surface area contributed by atoms with Gasteiger partial charge >= 0.3 is 0 Å². The van der Waals surface area contributed by atoms with Crippen molar-refractivity contribution in [3.8, 4) is 0 Å². The summed E-state index contributed by atoms with van der Waals surface area (Å²) < 4.78 is 0. The van der Waals surface area contributed by atoms with Crippen LogP contribution in [0.15, 0.2) is 18.2 Å². The molecule has 0 atom stereocenters. The van der Waals surface area contributed by atoms with E-state index >= 15 is 0 Å². The highest BCUT2D eigenvalue weighted by Crippen LogP contribution is 2.29. The highest BCUT2D eigenvalue weighted by molar-refractivity contribution is 6.22. The number of likely N-dealkylation sites (tertiary alicyclic amines) is 1. The van der Waals surface area contributed by atoms with Crippen LogP contribution < -0.4 is 5.32 Å². The van der Waals surface area contributed by atoms with Crippen LogP contribution in [-0.2, 0) is 4.79 Å². The monoisotopic (exact) mass is 371 g/mol. The number of amides is 4. The van der Waals surface area contributed by atoms with Crippen molar-refractivity contribution >= 4 is 23.6 Å². The molecule has 0 spiro atoms. The van der Waals surface area contributed by atoms with Gasteiger partial charge in [0.15, 0.2) is 0 Å². The number of carbonyl (C=O) groups excluding carboxylic acids is 4. The SMILES string of the molecule is CC(=O)N1CCC(NC(=O)c2ccc3c(c2)C(=O)N(C(C)(C)C)C3=O)CC1. The minimum Gasteiger partial charge on any atom is -0.349 e. The molecule has 144 valence electrons. The first-order valence-corrected chi connectivity index (χ1v) is 9.19. The van der Waals surface area contributed by atoms with E-state index in [0.29, 0.717) is 37.1 Å². The fourth-order valence-corrected chi connectivity index (χ4v) is 3.60. The van der Waals surface area contributed by atoms with Crippen LogP contribution in [0, 0.1) is 0 Å². The normalized spacial score (nSPS) is 17.9. The maximum atomic E-state index is 12.7. The summed E-state index contributed by atoms with van der Waals surface area (Å²) in [6, 6.07) is 4.62. The molecule has 0 aliphatic carbocycles. The fraction of sp³-hybridized carbons (Fsp3) is 0.500. The summed E-state index contributed by atoms with van der Waals surface area (Å²) >= 11 is 0. The summed E-state index contributed by atoms with van der Waals surface area (Å²) in [5.41, 5.74) is 0.343. The molecule has 0 saturated carbocycles. The maximum Gasteiger partial charge on any atom is 0.262 e. The predicted molar refractivity (Wildman–Crippen MR) is 99.4 cm³/mol. The first-order chi connectivity index (χ1) is 12.6. The maximum absolute atomic E-state index is 12.7. The Balaban J connectivity index is 1.72. The number of fused-ring (bicyclic) bond motifs is 1. The molecule has 1 aromatic rings. The molecule has 4 amide bonds. The summed E-state index contributed by atoms with van der Waals surface area (Å²) in [5.74, 6) is -0.920. The van der Waals surface area contributed by atoms with Crippen molar-refractivity contribution in [2.24, 2.45) is 0 Å². The lowest BCUT2D eigenvalue weighted by molar-refractivity contribution is -0.129. The molecule has 7 heteroatoms. The van der Waals surface area contributed by atoms with Gasteiger partial charge in [-0.1, -0.05) is 0 Å². The Bertz CT molecular complexity index is 817. The standard InChI is InChI=1S/C20H25N3O4/c1-12(24)22-9-7-14(8-10-22)21-17(25)13-5-6-15-16(11-13)19(27)23(18(15)26)20(2,3)4/h5-6,11,14H,7-10H2,1-4H3,(H,21,25). The van der Waals surface area contributed by atoms with Crippen molar-refractivity contribution in [1.29, 1.82) is 0 Å². The summed E-state index contributed by atoms with van der Waals surface area (Å²) in [5, 5.41) is 2.97. The van der Waals surface area contributed by atoms with Crippen molar-refractivity contribution in [3.05, 3.63) is 34.9 Å². The number of nitrogens with zero attached hydrogens (tertiary/aromatic N) is 2. The molecular formula is C20H25N3O4. The van der Waals surface area contributed by atoms with Crippen LogP contribution in [0.3, 0.4) is 0 Å². The molecule has 0 radical (unpaired) electrons. The summed E-state index contributed by atoms with van der Waals surface area (Å²) in [4.78, 5) is 52.1. The number of hydrogen-bond donors (Lipinski definition) is 1. The Kier molecular flexibility index (Phi) is 4.80. The molecule has 2 aliphatic rings. The Morgan fingerprint density at radius 3 is 2.19 bits per heavy atom. The minimum absolute atomic E-state index is 0.00948. The molecular weight excluding hydrogens is 346 g/mol. The van der Waals surface area contributed by atoms with E-state index in [-0.39, 0.29) is 35.2 Å². The summed E-state index contributed by atoms with van der Waals surface area (Å²) in [6.45, 7) is 8.19. The van der Waals surface area contributed by atoms with Gasteiger partial charge in [-0.25, -0.2) is 0 Å². The van der Waals surface area contributed by atoms with E-state index in [4.69, 9.17) is 0 Å². The quantitative estimate of drug-likeness (QED) is 0.804. The van der Waals surface area contributed by atoms with Gasteiger partial charge in [-0.3, -0.25) is 24.1 Å². The van der Waals surface area contributed by atoms with E-state index in [1.165, 1.54) is 11.0 Å². The first-order valence-electron chi connectivity index (χ1n) is 9.19. The lowest BCUT2D eigenvalue weighted by Gasteiger charge is -2.31. The number of carbonyl (C=O) groups is 4. The molecule has 0 aromatic heterocycles. The number of nitrogens with one attached hydrogen (secondary N) is 1. The molecule has 27 heavy (non-hydrogen) atoms. The van der Waals surface area contributed by atoms with Gasteiger partial charge in [0.1, 0.15) is 0 Å². The number of piperidine rings is 1. The minimum atomic E-state index is -0.625. The largest absolute Gasteiger partial charge is 0.349 e. The third kappa shape index (κ3) is 3.59. The van der Waals surface area contributed by atoms with Gasteiger partial charge in [-0.05, 0) is 51.8 Å². The molecule has 3 rings (SSSR count). The van der Waals surface area contributed by atoms with Gasteiger partial charge in [-0.15, -0.1) is 0 Å². The lowest BCUT2D eigenvalue weighted by atomic mass is 10.0. The Hall–Kier alpha value is -2.70. The zero-order valence-corrected chi connectivity index (χ0v) is 16.2. The number of hydrogen-bond acceptors (Lipinski definition) is 4. The topological polar surface area (TPSA) is 86.8 Å². The Labute approximate surface area is 158 Å². The molecule has 1 saturated heterocycles. The summed E-state index contributed by atoms with van der Waals surface area (Å²) in [7, 11) is 0. The molecule has 1 fully saturated rings. The second kappa shape index (κ2) is 6.79. The predicted octanol–water partition coefficient (Wildman–Crippen LogP) is 1.82. The molecule has 0 bridgehead atoms. The molecule has 2 aliphatic heterocycles. The molecule has 0 unspecified atom stereocenters. The van der Waals surface area contributed by atoms with Crippen molar-refractivity contribution < 1.29 is 19.2 Å². The highest BCUT2D eigenvalue weighted by atomic mass is 16.2. The third-order valence-electron chi connectivity index (χ3n) is 5.10. The average molecular weight is 371 g/mol. The van der Waals surface area contributed by atoms with Crippen LogP contribution in [0.25, 0.3) is 0 Å². The van der Waals surface area contributed by atoms with Gasteiger partial charge in [0.2, 0.25) is 5.91 Å². The molecule has 1 N–H and O–H groups in total. The first kappa shape index (κ1) is 19.1. The van der Waals surface area contributed by atoms with Crippen LogP contribution >= 0.6 is 0 Å². The van der Waals surface area contributed by atoms with Crippen LogP contribution in [0.1, 0.15) is 71.6 Å². The molecule has 2 heterocycles. The van der Waals surface area contributed by atoms with E-state index in [2.05, 4.69) is 5.32 Å². The van der Waals surface area contributed by atoms with Crippen molar-refractivity contribution in [3.63, 3.8) is 0 Å². The Morgan fingerprint density at radius 1 is 1.04 bits per heavy atom. The van der Waals surface area contributed by atoms with Gasteiger partial charge < -0.3 is 10.2 Å². The molecule has 7 nitrogen and oxygen atoms in total. The van der Waals surface area contributed by atoms with Crippen LogP contribution in [0.2, 0.25) is 0 Å². The van der Waals surface area contributed by atoms with E-state index in [1.807, 2.05) is 0 Å². The van der Waals surface area contributed by atoms with Crippen molar-refractivity contribution in [2.75, 3.05) is 13.1 Å². The van der Waals surface area contributed by atoms with Crippen LogP contribution in [-0.4, -0.2) is 58.1 Å². The van der Waals surface area contributed by atoms with Gasteiger partial charge in [0.05, 0.1) is 11.1 Å². The van der Waals surface area contributed by atoms with E-state index in [9.17, 15) is 19.2 Å². The van der Waals surface area contributed by atoms with Gasteiger partial charge in [0.25, 0.3) is 17.7 Å². The highest BCUT2D eigenvalue weighted by Gasteiger charge is 2.42. The average Bonchev–Trinajstić information content (AvgIpc) is 2.85. The van der Waals surface area contributed by atoms with Gasteiger partial charge in [0, 0.05) is 37.2 Å². The smallest absolute Gasteiger partial charge is 0.262 e. The third-order valence-corrected chi connectivity index (χ3v) is 5.10. The zero-order valence-electron chi connectivity index (χ0n) is 16.2. The van der Waals surface area contributed by atoms with Crippen molar-refractivity contribution in [1.82, 2.24) is 15.1 Å². The zero-order chi connectivity index (χ0) is 19.9. The second-order valence-corrected chi connectivity index (χ2v) is 8.13. The number of rotatable bonds is 2. The van der Waals surface area contributed by atoms with Gasteiger partial charge in [-0.2, -0.15) is 0 Å². The number of benzene rings is 1. The fourth-order valence-electron chi connectivity index (χ4n) is 3.60. The van der Waals surface area contributed by atoms with Crippen LogP contribution in [0.4, 0.5) is 0 Å². The van der Waals surface area contributed by atoms with E-state index in [0.717, 1.165) is 0 Å². The van der Waals surface area contributed by atoms with E-state index in [1.54, 1.807) is 44.7 Å². The number of imide groups is 1. The van der Waals surface area contributed by atoms with E-state index < -0.39 is 5.54 Å². The lowest BCUT2D eigenvalue weighted by Crippen LogP contribution is -2.46. The Morgan fingerprint density at radius 2 is 1.63 bits per heavy atom.